The number of ether oxygens (including phenoxy) is 3. The van der Waals surface area contributed by atoms with Crippen LogP contribution < -0.4 is 0 Å². The molecule has 0 aliphatic rings. The van der Waals surface area contributed by atoms with Gasteiger partial charge in [-0.25, -0.2) is 0 Å². The molecule has 0 rings (SSSR count). The third-order valence-electron chi connectivity index (χ3n) is 11.8. The minimum Gasteiger partial charge on any atom is -0.462 e. The van der Waals surface area contributed by atoms with E-state index in [1.807, 2.05) is 54.7 Å². The Labute approximate surface area is 402 Å². The Morgan fingerprint density at radius 2 is 0.631 bits per heavy atom. The lowest BCUT2D eigenvalue weighted by molar-refractivity contribution is -0.167. The number of carbonyl (C=O) groups is 3. The predicted octanol–water partition coefficient (Wildman–Crippen LogP) is 18.2. The van der Waals surface area contributed by atoms with E-state index in [-0.39, 0.29) is 37.5 Å². The lowest BCUT2D eigenvalue weighted by Gasteiger charge is -2.18. The highest BCUT2D eigenvalue weighted by molar-refractivity contribution is 5.71. The van der Waals surface area contributed by atoms with Crippen LogP contribution in [0.1, 0.15) is 265 Å². The summed E-state index contributed by atoms with van der Waals surface area (Å²) < 4.78 is 16.8. The zero-order valence-electron chi connectivity index (χ0n) is 42.7. The quantitative estimate of drug-likeness (QED) is 0.0199. The molecule has 0 bridgehead atoms. The Morgan fingerprint density at radius 3 is 1.05 bits per heavy atom. The van der Waals surface area contributed by atoms with Gasteiger partial charge in [-0.1, -0.05) is 261 Å². The predicted molar refractivity (Wildman–Crippen MR) is 279 cm³/mol. The molecule has 0 spiro atoms. The van der Waals surface area contributed by atoms with E-state index in [4.69, 9.17) is 14.2 Å². The van der Waals surface area contributed by atoms with Crippen LogP contribution in [0.4, 0.5) is 0 Å². The number of hydrogen-bond donors (Lipinski definition) is 0. The van der Waals surface area contributed by atoms with E-state index in [9.17, 15) is 14.4 Å². The van der Waals surface area contributed by atoms with Crippen LogP contribution >= 0.6 is 0 Å². The van der Waals surface area contributed by atoms with Gasteiger partial charge in [0.2, 0.25) is 0 Å². The molecule has 0 aromatic carbocycles. The number of hydrogen-bond acceptors (Lipinski definition) is 6. The molecule has 0 aromatic heterocycles. The van der Waals surface area contributed by atoms with E-state index >= 15 is 0 Å². The Morgan fingerprint density at radius 1 is 0.323 bits per heavy atom. The summed E-state index contributed by atoms with van der Waals surface area (Å²) in [5, 5.41) is 0. The molecule has 0 aliphatic heterocycles. The first kappa shape index (κ1) is 61.9. The number of carbonyl (C=O) groups excluding carboxylic acids is 3. The molecular formula is C59H102O6. The normalized spacial score (nSPS) is 12.6. The highest BCUT2D eigenvalue weighted by atomic mass is 16.6. The molecule has 0 heterocycles. The molecule has 374 valence electrons. The van der Waals surface area contributed by atoms with Crippen molar-refractivity contribution < 1.29 is 28.6 Å². The molecule has 6 nitrogen and oxygen atoms in total. The third kappa shape index (κ3) is 51.7. The molecular weight excluding hydrogens is 805 g/mol. The fourth-order valence-electron chi connectivity index (χ4n) is 7.70. The van der Waals surface area contributed by atoms with Gasteiger partial charge in [0.25, 0.3) is 0 Å². The van der Waals surface area contributed by atoms with Crippen molar-refractivity contribution in [2.45, 2.75) is 271 Å². The summed E-state index contributed by atoms with van der Waals surface area (Å²) in [4.78, 5) is 38.0. The van der Waals surface area contributed by atoms with Crippen molar-refractivity contribution in [2.24, 2.45) is 0 Å². The lowest BCUT2D eigenvalue weighted by Crippen LogP contribution is -2.30. The Kier molecular flexibility index (Phi) is 50.9. The van der Waals surface area contributed by atoms with Gasteiger partial charge in [0.15, 0.2) is 6.10 Å². The second-order valence-electron chi connectivity index (χ2n) is 18.2. The number of allylic oxidation sites excluding steroid dienone is 12. The molecule has 1 unspecified atom stereocenters. The van der Waals surface area contributed by atoms with Crippen molar-refractivity contribution in [3.63, 3.8) is 0 Å². The first-order valence-corrected chi connectivity index (χ1v) is 27.5. The van der Waals surface area contributed by atoms with Crippen molar-refractivity contribution >= 4 is 17.9 Å². The first-order chi connectivity index (χ1) is 32.0. The van der Waals surface area contributed by atoms with Gasteiger partial charge in [-0.05, 0) is 57.8 Å². The van der Waals surface area contributed by atoms with E-state index in [0.29, 0.717) is 19.3 Å². The second kappa shape index (κ2) is 53.5. The largest absolute Gasteiger partial charge is 0.462 e. The fraction of sp³-hybridized carbons (Fsp3) is 0.746. The van der Waals surface area contributed by atoms with E-state index in [1.54, 1.807) is 0 Å². The highest BCUT2D eigenvalue weighted by Gasteiger charge is 2.19. The maximum absolute atomic E-state index is 12.8. The Bertz CT molecular complexity index is 1230. The molecule has 65 heavy (non-hydrogen) atoms. The monoisotopic (exact) mass is 907 g/mol. The van der Waals surface area contributed by atoms with Crippen molar-refractivity contribution in [1.29, 1.82) is 0 Å². The number of unbranched alkanes of at least 4 members (excludes halogenated alkanes) is 30. The van der Waals surface area contributed by atoms with Gasteiger partial charge >= 0.3 is 17.9 Å². The molecule has 6 heteroatoms. The van der Waals surface area contributed by atoms with Crippen LogP contribution in [-0.2, 0) is 28.6 Å². The lowest BCUT2D eigenvalue weighted by atomic mass is 10.0. The van der Waals surface area contributed by atoms with E-state index in [2.05, 4.69) is 39.0 Å². The summed E-state index contributed by atoms with van der Waals surface area (Å²) >= 11 is 0. The molecule has 0 aromatic rings. The van der Waals surface area contributed by atoms with Crippen molar-refractivity contribution in [3.8, 4) is 0 Å². The molecule has 0 radical (unpaired) electrons. The average Bonchev–Trinajstić information content (AvgIpc) is 3.30. The summed E-state index contributed by atoms with van der Waals surface area (Å²) in [7, 11) is 0. The Balaban J connectivity index is 4.40. The second-order valence-corrected chi connectivity index (χ2v) is 18.2. The van der Waals surface area contributed by atoms with Gasteiger partial charge < -0.3 is 14.2 Å². The van der Waals surface area contributed by atoms with Gasteiger partial charge in [-0.3, -0.25) is 14.4 Å². The van der Waals surface area contributed by atoms with Gasteiger partial charge in [0.05, 0.1) is 0 Å². The SMILES string of the molecule is CC\C=C/C=C\C=C/C=C\C=C/CCCC(=O)OCC(COC(=O)CCCCCCCCCCCCCCCCCCCCC)OC(=O)CCCCCCCCC/C=C\CCCCCC. The van der Waals surface area contributed by atoms with Gasteiger partial charge in [0, 0.05) is 19.3 Å². The summed E-state index contributed by atoms with van der Waals surface area (Å²) in [6, 6.07) is 0. The molecule has 0 fully saturated rings. The minimum absolute atomic E-state index is 0.0974. The van der Waals surface area contributed by atoms with Gasteiger partial charge in [-0.15, -0.1) is 0 Å². The molecule has 0 N–H and O–H groups in total. The first-order valence-electron chi connectivity index (χ1n) is 27.5. The zero-order valence-corrected chi connectivity index (χ0v) is 42.7. The van der Waals surface area contributed by atoms with Crippen LogP contribution in [0.3, 0.4) is 0 Å². The van der Waals surface area contributed by atoms with E-state index in [1.165, 1.54) is 167 Å². The maximum atomic E-state index is 12.8. The summed E-state index contributed by atoms with van der Waals surface area (Å²) in [5.41, 5.74) is 0. The van der Waals surface area contributed by atoms with Crippen LogP contribution in [0.15, 0.2) is 72.9 Å². The van der Waals surface area contributed by atoms with E-state index in [0.717, 1.165) is 51.4 Å². The van der Waals surface area contributed by atoms with Crippen LogP contribution in [0.2, 0.25) is 0 Å². The number of rotatable bonds is 49. The minimum atomic E-state index is -0.804. The number of esters is 3. The zero-order chi connectivity index (χ0) is 47.2. The van der Waals surface area contributed by atoms with E-state index < -0.39 is 6.10 Å². The average molecular weight is 907 g/mol. The molecule has 0 saturated heterocycles. The standard InChI is InChI=1S/C59H102O6/c1-4-7-10-13-16-19-22-25-27-28-29-30-32-34-37-40-43-46-49-52-58(61)64-55-56(54-63-57(60)51-48-45-42-39-36-33-24-21-18-15-12-9-6-3)65-59(62)53-50-47-44-41-38-35-31-26-23-20-17-14-11-8-5-2/h9,12,15,18,20-21,23-24,33,36,39,42,56H,4-8,10-11,13-14,16-17,19,22,25-32,34-35,37-38,40-41,43-55H2,1-3H3/b12-9-,18-15-,23-20-,24-21-,36-33-,42-39-. The fourth-order valence-corrected chi connectivity index (χ4v) is 7.70. The highest BCUT2D eigenvalue weighted by Crippen LogP contribution is 2.16. The Hall–Kier alpha value is -3.15. The van der Waals surface area contributed by atoms with Crippen LogP contribution in [-0.4, -0.2) is 37.2 Å². The summed E-state index contributed by atoms with van der Waals surface area (Å²) in [6.07, 6.45) is 67.6. The topological polar surface area (TPSA) is 78.9 Å². The molecule has 1 atom stereocenters. The third-order valence-corrected chi connectivity index (χ3v) is 11.8. The van der Waals surface area contributed by atoms with Gasteiger partial charge in [0.1, 0.15) is 13.2 Å². The molecule has 0 amide bonds. The van der Waals surface area contributed by atoms with Crippen molar-refractivity contribution in [1.82, 2.24) is 0 Å². The molecule has 0 aliphatic carbocycles. The molecule has 0 saturated carbocycles. The van der Waals surface area contributed by atoms with Crippen LogP contribution in [0, 0.1) is 0 Å². The van der Waals surface area contributed by atoms with Gasteiger partial charge in [-0.2, -0.15) is 0 Å². The van der Waals surface area contributed by atoms with Crippen LogP contribution in [0.25, 0.3) is 0 Å². The smallest absolute Gasteiger partial charge is 0.306 e. The van der Waals surface area contributed by atoms with Crippen molar-refractivity contribution in [2.75, 3.05) is 13.2 Å². The summed E-state index contributed by atoms with van der Waals surface area (Å²) in [6.45, 7) is 6.44. The van der Waals surface area contributed by atoms with Crippen LogP contribution in [0.5, 0.6) is 0 Å². The van der Waals surface area contributed by atoms with Crippen molar-refractivity contribution in [3.05, 3.63) is 72.9 Å². The maximum Gasteiger partial charge on any atom is 0.306 e. The summed E-state index contributed by atoms with van der Waals surface area (Å²) in [5.74, 6) is -0.972.